The van der Waals surface area contributed by atoms with Gasteiger partial charge in [-0.2, -0.15) is 0 Å². The van der Waals surface area contributed by atoms with Crippen LogP contribution in [0.3, 0.4) is 0 Å². The molecule has 16 heavy (non-hydrogen) atoms. The fraction of sp³-hybridized carbons (Fsp3) is 1.00. The molecule has 1 saturated heterocycles. The van der Waals surface area contributed by atoms with Crippen LogP contribution >= 0.6 is 0 Å². The lowest BCUT2D eigenvalue weighted by Crippen LogP contribution is -2.49. The molecule has 0 aromatic carbocycles. The minimum Gasteiger partial charge on any atom is -0.381 e. The zero-order valence-corrected chi connectivity index (χ0v) is 10.9. The van der Waals surface area contributed by atoms with Crippen LogP contribution < -0.4 is 5.32 Å². The fourth-order valence-corrected chi connectivity index (χ4v) is 3.72. The van der Waals surface area contributed by atoms with E-state index in [2.05, 4.69) is 19.2 Å². The quantitative estimate of drug-likeness (QED) is 0.794. The van der Waals surface area contributed by atoms with Gasteiger partial charge < -0.3 is 10.1 Å². The Bertz CT molecular complexity index is 205. The van der Waals surface area contributed by atoms with Crippen LogP contribution in [0.2, 0.25) is 0 Å². The lowest BCUT2D eigenvalue weighted by molar-refractivity contribution is 0.0127. The van der Waals surface area contributed by atoms with Crippen molar-refractivity contribution in [2.75, 3.05) is 19.8 Å². The summed E-state index contributed by atoms with van der Waals surface area (Å²) in [5.74, 6) is 0.747. The summed E-state index contributed by atoms with van der Waals surface area (Å²) < 4.78 is 5.67. The Hall–Kier alpha value is -0.0800. The van der Waals surface area contributed by atoms with Crippen LogP contribution in [0.5, 0.6) is 0 Å². The van der Waals surface area contributed by atoms with E-state index in [9.17, 15) is 0 Å². The zero-order chi connectivity index (χ0) is 11.4. The summed E-state index contributed by atoms with van der Waals surface area (Å²) in [6.07, 6.45) is 8.26. The van der Waals surface area contributed by atoms with E-state index in [0.717, 1.165) is 25.7 Å². The lowest BCUT2D eigenvalue weighted by atomic mass is 9.73. The third-order valence-electron chi connectivity index (χ3n) is 4.59. The molecule has 1 aliphatic heterocycles. The van der Waals surface area contributed by atoms with Crippen molar-refractivity contribution in [2.45, 2.75) is 58.4 Å². The summed E-state index contributed by atoms with van der Waals surface area (Å²) in [5, 5.41) is 3.75. The van der Waals surface area contributed by atoms with Gasteiger partial charge in [-0.3, -0.25) is 0 Å². The molecule has 2 aliphatic rings. The van der Waals surface area contributed by atoms with Crippen molar-refractivity contribution in [3.05, 3.63) is 0 Å². The van der Waals surface area contributed by atoms with Gasteiger partial charge in [-0.1, -0.05) is 26.7 Å². The van der Waals surface area contributed by atoms with E-state index < -0.39 is 0 Å². The highest BCUT2D eigenvalue weighted by atomic mass is 16.5. The molecule has 0 aromatic rings. The van der Waals surface area contributed by atoms with Gasteiger partial charge in [0.2, 0.25) is 0 Å². The highest BCUT2D eigenvalue weighted by Gasteiger charge is 2.41. The molecule has 0 spiro atoms. The van der Waals surface area contributed by atoms with Gasteiger partial charge in [0.15, 0.2) is 0 Å². The molecule has 2 atom stereocenters. The average molecular weight is 225 g/mol. The molecule has 2 nitrogen and oxygen atoms in total. The Morgan fingerprint density at radius 2 is 2.06 bits per heavy atom. The van der Waals surface area contributed by atoms with Crippen LogP contribution in [-0.2, 0) is 4.74 Å². The molecular formula is C14H27NO. The average Bonchev–Trinajstić information content (AvgIpc) is 2.75. The SMILES string of the molecule is CCNC(C1CCCOC1)C1(C)CCCC1. The van der Waals surface area contributed by atoms with Crippen molar-refractivity contribution in [1.82, 2.24) is 5.32 Å². The second kappa shape index (κ2) is 5.50. The topological polar surface area (TPSA) is 21.3 Å². The standard InChI is InChI=1S/C14H27NO/c1-3-15-13(12-7-6-10-16-11-12)14(2)8-4-5-9-14/h12-13,15H,3-11H2,1-2H3. The Morgan fingerprint density at radius 3 is 2.62 bits per heavy atom. The highest BCUT2D eigenvalue weighted by molar-refractivity contribution is 4.95. The maximum atomic E-state index is 5.67. The predicted octanol–water partition coefficient (Wildman–Crippen LogP) is 2.97. The first-order chi connectivity index (χ1) is 7.76. The molecular weight excluding hydrogens is 198 g/mol. The summed E-state index contributed by atoms with van der Waals surface area (Å²) in [4.78, 5) is 0. The van der Waals surface area contributed by atoms with Crippen molar-refractivity contribution in [2.24, 2.45) is 11.3 Å². The van der Waals surface area contributed by atoms with Gasteiger partial charge in [0, 0.05) is 12.6 Å². The van der Waals surface area contributed by atoms with Crippen LogP contribution in [0.1, 0.15) is 52.4 Å². The minimum absolute atomic E-state index is 0.529. The van der Waals surface area contributed by atoms with Crippen LogP contribution in [-0.4, -0.2) is 25.8 Å². The molecule has 0 amide bonds. The Kier molecular flexibility index (Phi) is 4.26. The maximum Gasteiger partial charge on any atom is 0.0509 e. The normalized spacial score (nSPS) is 31.5. The number of rotatable bonds is 4. The van der Waals surface area contributed by atoms with Gasteiger partial charge in [0.1, 0.15) is 0 Å². The molecule has 2 fully saturated rings. The highest BCUT2D eigenvalue weighted by Crippen LogP contribution is 2.44. The van der Waals surface area contributed by atoms with Crippen molar-refractivity contribution in [3.8, 4) is 0 Å². The second-order valence-electron chi connectivity index (χ2n) is 5.87. The molecule has 0 bridgehead atoms. The molecule has 2 rings (SSSR count). The molecule has 1 heterocycles. The van der Waals surface area contributed by atoms with E-state index in [1.165, 1.54) is 38.5 Å². The molecule has 1 saturated carbocycles. The van der Waals surface area contributed by atoms with Crippen LogP contribution in [0.25, 0.3) is 0 Å². The van der Waals surface area contributed by atoms with Gasteiger partial charge in [-0.15, -0.1) is 0 Å². The van der Waals surface area contributed by atoms with Crippen molar-refractivity contribution in [3.63, 3.8) is 0 Å². The van der Waals surface area contributed by atoms with E-state index in [0.29, 0.717) is 11.5 Å². The fourth-order valence-electron chi connectivity index (χ4n) is 3.72. The van der Waals surface area contributed by atoms with E-state index in [1.54, 1.807) is 0 Å². The van der Waals surface area contributed by atoms with E-state index >= 15 is 0 Å². The number of nitrogens with one attached hydrogen (secondary N) is 1. The second-order valence-corrected chi connectivity index (χ2v) is 5.87. The summed E-state index contributed by atoms with van der Waals surface area (Å²) in [6.45, 7) is 7.77. The number of ether oxygens (including phenoxy) is 1. The molecule has 1 aliphatic carbocycles. The maximum absolute atomic E-state index is 5.67. The van der Waals surface area contributed by atoms with Gasteiger partial charge in [0.05, 0.1) is 6.61 Å². The van der Waals surface area contributed by atoms with E-state index in [1.807, 2.05) is 0 Å². The molecule has 2 heteroatoms. The summed E-state index contributed by atoms with van der Waals surface area (Å²) >= 11 is 0. The van der Waals surface area contributed by atoms with E-state index in [4.69, 9.17) is 4.74 Å². The molecule has 2 unspecified atom stereocenters. The Morgan fingerprint density at radius 1 is 1.31 bits per heavy atom. The molecule has 94 valence electrons. The first kappa shape index (κ1) is 12.4. The van der Waals surface area contributed by atoms with E-state index in [-0.39, 0.29) is 0 Å². The third-order valence-corrected chi connectivity index (χ3v) is 4.59. The van der Waals surface area contributed by atoms with Crippen LogP contribution in [0.4, 0.5) is 0 Å². The van der Waals surface area contributed by atoms with Crippen LogP contribution in [0, 0.1) is 11.3 Å². The zero-order valence-electron chi connectivity index (χ0n) is 10.9. The molecule has 1 N–H and O–H groups in total. The van der Waals surface area contributed by atoms with Crippen molar-refractivity contribution in [1.29, 1.82) is 0 Å². The smallest absolute Gasteiger partial charge is 0.0509 e. The number of hydrogen-bond acceptors (Lipinski definition) is 2. The summed E-state index contributed by atoms with van der Waals surface area (Å²) in [6, 6.07) is 0.681. The lowest BCUT2D eigenvalue weighted by Gasteiger charge is -2.41. The Balaban J connectivity index is 2.02. The largest absolute Gasteiger partial charge is 0.381 e. The van der Waals surface area contributed by atoms with Gasteiger partial charge >= 0.3 is 0 Å². The number of hydrogen-bond donors (Lipinski definition) is 1. The monoisotopic (exact) mass is 225 g/mol. The summed E-state index contributed by atoms with van der Waals surface area (Å²) in [5.41, 5.74) is 0.529. The first-order valence-corrected chi connectivity index (χ1v) is 7.07. The third kappa shape index (κ3) is 2.60. The van der Waals surface area contributed by atoms with Gasteiger partial charge in [-0.25, -0.2) is 0 Å². The van der Waals surface area contributed by atoms with Crippen molar-refractivity contribution >= 4 is 0 Å². The van der Waals surface area contributed by atoms with Crippen LogP contribution in [0.15, 0.2) is 0 Å². The van der Waals surface area contributed by atoms with Crippen molar-refractivity contribution < 1.29 is 4.74 Å². The Labute approximate surface area is 100 Å². The predicted molar refractivity (Wildman–Crippen MR) is 67.6 cm³/mol. The summed E-state index contributed by atoms with van der Waals surface area (Å²) in [7, 11) is 0. The first-order valence-electron chi connectivity index (χ1n) is 7.07. The molecule has 0 aromatic heterocycles. The molecule has 0 radical (unpaired) electrons. The minimum atomic E-state index is 0.529. The van der Waals surface area contributed by atoms with Gasteiger partial charge in [-0.05, 0) is 43.6 Å². The van der Waals surface area contributed by atoms with Gasteiger partial charge in [0.25, 0.3) is 0 Å².